The predicted molar refractivity (Wildman–Crippen MR) is 136 cm³/mol. The number of anilines is 2. The Kier molecular flexibility index (Phi) is 6.51. The van der Waals surface area contributed by atoms with Crippen LogP contribution in [0.2, 0.25) is 0 Å². The number of ether oxygens (including phenoxy) is 2. The smallest absolute Gasteiger partial charge is 0.335 e. The molecule has 0 fully saturated rings. The molecule has 36 heavy (non-hydrogen) atoms. The van der Waals surface area contributed by atoms with Gasteiger partial charge in [0.05, 0.1) is 42.1 Å². The Hall–Kier alpha value is -4.99. The lowest BCUT2D eigenvalue weighted by Gasteiger charge is -2.16. The van der Waals surface area contributed by atoms with E-state index in [4.69, 9.17) is 15.2 Å². The molecule has 10 heteroatoms. The maximum atomic E-state index is 12.2. The molecule has 0 unspecified atom stereocenters. The lowest BCUT2D eigenvalue weighted by Crippen LogP contribution is -2.14. The molecule has 0 atom stereocenters. The van der Waals surface area contributed by atoms with Crippen molar-refractivity contribution in [2.24, 2.45) is 5.73 Å². The van der Waals surface area contributed by atoms with Gasteiger partial charge >= 0.3 is 12.0 Å². The molecule has 0 saturated carbocycles. The summed E-state index contributed by atoms with van der Waals surface area (Å²) in [5, 5.41) is 13.3. The number of hydrogen-bond acceptors (Lipinski definition) is 8. The number of amides is 1. The Morgan fingerprint density at radius 1 is 1.03 bits per heavy atom. The third-order valence-electron chi connectivity index (χ3n) is 5.50. The number of nitrogens with one attached hydrogen (secondary N) is 1. The largest absolute Gasteiger partial charge is 0.480 e. The van der Waals surface area contributed by atoms with Crippen LogP contribution in [-0.2, 0) is 0 Å². The van der Waals surface area contributed by atoms with Crippen molar-refractivity contribution in [2.75, 3.05) is 19.5 Å². The molecule has 0 bridgehead atoms. The van der Waals surface area contributed by atoms with E-state index in [-0.39, 0.29) is 17.1 Å². The van der Waals surface area contributed by atoms with Gasteiger partial charge in [0, 0.05) is 23.5 Å². The lowest BCUT2D eigenvalue weighted by atomic mass is 10.0. The summed E-state index contributed by atoms with van der Waals surface area (Å²) in [4.78, 5) is 36.7. The van der Waals surface area contributed by atoms with E-state index in [9.17, 15) is 14.7 Å². The van der Waals surface area contributed by atoms with Gasteiger partial charge in [0.2, 0.25) is 5.88 Å². The van der Waals surface area contributed by atoms with Gasteiger partial charge in [-0.3, -0.25) is 9.78 Å². The van der Waals surface area contributed by atoms with Crippen molar-refractivity contribution in [1.29, 1.82) is 0 Å². The Bertz CT molecular complexity index is 1500. The third-order valence-corrected chi connectivity index (χ3v) is 5.50. The maximum Gasteiger partial charge on any atom is 0.335 e. The monoisotopic (exact) mass is 485 g/mol. The fourth-order valence-electron chi connectivity index (χ4n) is 3.70. The van der Waals surface area contributed by atoms with Crippen molar-refractivity contribution in [2.45, 2.75) is 6.92 Å². The highest BCUT2D eigenvalue weighted by Gasteiger charge is 2.17. The molecule has 182 valence electrons. The molecule has 2 heterocycles. The van der Waals surface area contributed by atoms with Crippen LogP contribution in [0.1, 0.15) is 33.2 Å². The van der Waals surface area contributed by atoms with Crippen LogP contribution in [0.4, 0.5) is 11.4 Å². The number of methoxy groups -OCH3 is 2. The number of allylic oxidation sites excluding steroid dienone is 1. The van der Waals surface area contributed by atoms with E-state index in [2.05, 4.69) is 26.8 Å². The number of primary amides is 1. The summed E-state index contributed by atoms with van der Waals surface area (Å²) in [6.07, 6.45) is 2.96. The molecule has 0 aliphatic heterocycles. The van der Waals surface area contributed by atoms with Gasteiger partial charge in [0.15, 0.2) is 0 Å². The molecule has 10 nitrogen and oxygen atoms in total. The molecule has 4 aromatic rings. The van der Waals surface area contributed by atoms with Crippen LogP contribution in [0.15, 0.2) is 55.4 Å². The summed E-state index contributed by atoms with van der Waals surface area (Å²) in [5.41, 5.74) is 9.94. The number of benzene rings is 2. The van der Waals surface area contributed by atoms with Gasteiger partial charge in [0.1, 0.15) is 0 Å². The van der Waals surface area contributed by atoms with Crippen LogP contribution in [0.5, 0.6) is 11.9 Å². The predicted octanol–water partition coefficient (Wildman–Crippen LogP) is 4.28. The summed E-state index contributed by atoms with van der Waals surface area (Å²) in [7, 11) is 2.96. The molecular weight excluding hydrogens is 462 g/mol. The van der Waals surface area contributed by atoms with E-state index >= 15 is 0 Å². The average molecular weight is 486 g/mol. The van der Waals surface area contributed by atoms with Crippen LogP contribution in [0.3, 0.4) is 0 Å². The Morgan fingerprint density at radius 2 is 1.78 bits per heavy atom. The van der Waals surface area contributed by atoms with Crippen LogP contribution in [-0.4, -0.2) is 46.2 Å². The third kappa shape index (κ3) is 4.64. The van der Waals surface area contributed by atoms with Gasteiger partial charge in [-0.1, -0.05) is 24.3 Å². The van der Waals surface area contributed by atoms with Gasteiger partial charge in [-0.2, -0.15) is 4.98 Å². The quantitative estimate of drug-likeness (QED) is 0.332. The lowest BCUT2D eigenvalue weighted by molar-refractivity contribution is 0.0696. The highest BCUT2D eigenvalue weighted by Crippen LogP contribution is 2.35. The molecule has 0 spiro atoms. The maximum absolute atomic E-state index is 12.2. The summed E-state index contributed by atoms with van der Waals surface area (Å²) in [5.74, 6) is -1.45. The second-order valence-corrected chi connectivity index (χ2v) is 7.93. The Labute approximate surface area is 206 Å². The highest BCUT2D eigenvalue weighted by molar-refractivity contribution is 6.08. The fourth-order valence-corrected chi connectivity index (χ4v) is 3.70. The van der Waals surface area contributed by atoms with E-state index in [1.54, 1.807) is 37.4 Å². The molecule has 2 aromatic heterocycles. The number of pyridine rings is 1. The number of carboxylic acids is 1. The number of rotatable bonds is 8. The number of aromatic carboxylic acids is 1. The van der Waals surface area contributed by atoms with Crippen molar-refractivity contribution in [3.8, 4) is 23.0 Å². The first kappa shape index (κ1) is 24.1. The molecule has 2 aromatic carbocycles. The fraction of sp³-hybridized carbons (Fsp3) is 0.115. The summed E-state index contributed by atoms with van der Waals surface area (Å²) < 4.78 is 10.5. The molecule has 4 N–H and O–H groups in total. The minimum Gasteiger partial charge on any atom is -0.480 e. The first-order valence-corrected chi connectivity index (χ1v) is 10.7. The normalized spacial score (nSPS) is 10.6. The van der Waals surface area contributed by atoms with E-state index in [0.717, 1.165) is 5.56 Å². The van der Waals surface area contributed by atoms with E-state index in [0.29, 0.717) is 44.9 Å². The summed E-state index contributed by atoms with van der Waals surface area (Å²) in [6, 6.07) is 10.3. The number of fused-ring (bicyclic) bond motifs is 1. The highest BCUT2D eigenvalue weighted by atomic mass is 16.5. The average Bonchev–Trinajstić information content (AvgIpc) is 2.87. The summed E-state index contributed by atoms with van der Waals surface area (Å²) in [6.45, 7) is 5.68. The second-order valence-electron chi connectivity index (χ2n) is 7.93. The number of nitrogens with two attached hydrogens (primary N) is 1. The minimum absolute atomic E-state index is 0.0749. The van der Waals surface area contributed by atoms with Crippen LogP contribution in [0, 0.1) is 0 Å². The topological polar surface area (TPSA) is 150 Å². The van der Waals surface area contributed by atoms with Crippen molar-refractivity contribution in [1.82, 2.24) is 15.0 Å². The second kappa shape index (κ2) is 9.71. The van der Waals surface area contributed by atoms with E-state index in [1.165, 1.54) is 32.5 Å². The zero-order valence-electron chi connectivity index (χ0n) is 19.8. The Balaban J connectivity index is 1.87. The standard InChI is InChI=1S/C26H23N5O5/c1-13(2)15-7-16(25(33)34)9-17(8-15)30-22-18-6-5-14(10-21(18)28-12-20(22)23(27)32)19-11-29-26(36-4)31-24(19)35-3/h5-12H,1H2,2-4H3,(H2,27,32)(H,28,30)(H,33,34). The van der Waals surface area contributed by atoms with Gasteiger partial charge in [-0.25, -0.2) is 9.78 Å². The Morgan fingerprint density at radius 3 is 2.42 bits per heavy atom. The molecular formula is C26H23N5O5. The zero-order valence-corrected chi connectivity index (χ0v) is 19.8. The molecule has 0 aliphatic carbocycles. The molecule has 4 rings (SSSR count). The molecule has 0 aliphatic rings. The van der Waals surface area contributed by atoms with Crippen LogP contribution in [0.25, 0.3) is 27.6 Å². The van der Waals surface area contributed by atoms with Crippen molar-refractivity contribution in [3.05, 3.63) is 72.1 Å². The van der Waals surface area contributed by atoms with Crippen LogP contribution >= 0.6 is 0 Å². The number of hydrogen-bond donors (Lipinski definition) is 3. The van der Waals surface area contributed by atoms with Crippen molar-refractivity contribution >= 4 is 39.7 Å². The SMILES string of the molecule is C=C(C)c1cc(Nc2c(C(N)=O)cnc3cc(-c4cnc(OC)nc4OC)ccc23)cc(C(=O)O)c1. The van der Waals surface area contributed by atoms with Crippen LogP contribution < -0.4 is 20.5 Å². The van der Waals surface area contributed by atoms with Crippen molar-refractivity contribution in [3.63, 3.8) is 0 Å². The van der Waals surface area contributed by atoms with Gasteiger partial charge in [-0.15, -0.1) is 0 Å². The van der Waals surface area contributed by atoms with Crippen molar-refractivity contribution < 1.29 is 24.2 Å². The van der Waals surface area contributed by atoms with Gasteiger partial charge in [0.25, 0.3) is 5.91 Å². The number of carbonyl (C=O) groups is 2. The van der Waals surface area contributed by atoms with Gasteiger partial charge in [-0.05, 0) is 42.3 Å². The van der Waals surface area contributed by atoms with E-state index in [1.807, 2.05) is 0 Å². The number of carbonyl (C=O) groups excluding carboxylic acids is 1. The van der Waals surface area contributed by atoms with E-state index < -0.39 is 11.9 Å². The number of nitrogens with zero attached hydrogens (tertiary/aromatic N) is 3. The zero-order chi connectivity index (χ0) is 26.0. The number of carboxylic acid groups (broad SMARTS) is 1. The first-order chi connectivity index (χ1) is 17.2. The first-order valence-electron chi connectivity index (χ1n) is 10.7. The molecule has 0 radical (unpaired) electrons. The van der Waals surface area contributed by atoms with Gasteiger partial charge < -0.3 is 25.6 Å². The molecule has 1 amide bonds. The minimum atomic E-state index is -1.09. The summed E-state index contributed by atoms with van der Waals surface area (Å²) >= 11 is 0. The molecule has 0 saturated heterocycles. The number of aromatic nitrogens is 3.